The molecule has 1 atom stereocenters. The number of rotatable bonds is 11. The van der Waals surface area contributed by atoms with Crippen molar-refractivity contribution in [1.82, 2.24) is 23.9 Å². The molecule has 0 spiro atoms. The molecule has 2 heterocycles. The fourth-order valence-electron chi connectivity index (χ4n) is 4.02. The first-order chi connectivity index (χ1) is 18.5. The van der Waals surface area contributed by atoms with E-state index in [-0.39, 0.29) is 36.4 Å². The second kappa shape index (κ2) is 13.0. The van der Waals surface area contributed by atoms with Crippen LogP contribution in [0.25, 0.3) is 11.0 Å². The number of ketones is 1. The van der Waals surface area contributed by atoms with Crippen molar-refractivity contribution in [2.24, 2.45) is 0 Å². The molecule has 2 aromatic heterocycles. The number of aromatic nitrogens is 3. The van der Waals surface area contributed by atoms with E-state index in [0.717, 1.165) is 5.52 Å². The Morgan fingerprint density at radius 2 is 1.87 bits per heavy atom. The number of halogens is 1. The maximum atomic E-state index is 13.7. The molecule has 0 saturated heterocycles. The van der Waals surface area contributed by atoms with Crippen LogP contribution in [0.15, 0.2) is 53.5 Å². The van der Waals surface area contributed by atoms with Crippen LogP contribution in [0.1, 0.15) is 31.2 Å². The van der Waals surface area contributed by atoms with Crippen LogP contribution in [0.4, 0.5) is 9.18 Å². The molecule has 0 aliphatic rings. The molecule has 11 heteroatoms. The molecule has 0 radical (unpaired) electrons. The molecule has 1 aromatic carbocycles. The van der Waals surface area contributed by atoms with Gasteiger partial charge in [0.15, 0.2) is 11.9 Å². The topological polar surface area (TPSA) is 107 Å². The minimum atomic E-state index is -1.09. The highest BCUT2D eigenvalue weighted by molar-refractivity contribution is 5.88. The summed E-state index contributed by atoms with van der Waals surface area (Å²) in [6, 6.07) is 7.61. The maximum absolute atomic E-state index is 13.7. The Hall–Kier alpha value is -4.28. The lowest BCUT2D eigenvalue weighted by Gasteiger charge is -2.19. The van der Waals surface area contributed by atoms with E-state index < -0.39 is 23.8 Å². The molecule has 3 aromatic rings. The molecule has 2 amide bonds. The van der Waals surface area contributed by atoms with Gasteiger partial charge in [-0.15, -0.1) is 0 Å². The first kappa shape index (κ1) is 29.3. The zero-order chi connectivity index (χ0) is 28.7. The van der Waals surface area contributed by atoms with Gasteiger partial charge in [0.1, 0.15) is 11.6 Å². The van der Waals surface area contributed by atoms with E-state index in [4.69, 9.17) is 4.74 Å². The van der Waals surface area contributed by atoms with Gasteiger partial charge in [-0.2, -0.15) is 0 Å². The Labute approximate surface area is 226 Å². The molecule has 0 saturated carbocycles. The predicted molar refractivity (Wildman–Crippen MR) is 145 cm³/mol. The number of carbonyl (C=O) groups is 3. The van der Waals surface area contributed by atoms with Gasteiger partial charge in [-0.1, -0.05) is 12.1 Å². The normalized spacial score (nSPS) is 12.1. The maximum Gasteiger partial charge on any atom is 0.409 e. The Kier molecular flexibility index (Phi) is 9.75. The van der Waals surface area contributed by atoms with Crippen molar-refractivity contribution in [2.45, 2.75) is 45.4 Å². The first-order valence-corrected chi connectivity index (χ1v) is 12.6. The fraction of sp³-hybridized carbons (Fsp3) is 0.393. The first-order valence-electron chi connectivity index (χ1n) is 12.6. The third kappa shape index (κ3) is 7.40. The number of hydrogen-bond acceptors (Lipinski definition) is 6. The van der Waals surface area contributed by atoms with Crippen molar-refractivity contribution in [2.75, 3.05) is 28.2 Å². The largest absolute Gasteiger partial charge is 0.438 e. The summed E-state index contributed by atoms with van der Waals surface area (Å²) >= 11 is 0. The second-order valence-electron chi connectivity index (χ2n) is 9.49. The van der Waals surface area contributed by atoms with Gasteiger partial charge >= 0.3 is 6.09 Å². The monoisotopic (exact) mass is 539 g/mol. The zero-order valence-corrected chi connectivity index (χ0v) is 22.9. The number of pyridine rings is 1. The van der Waals surface area contributed by atoms with E-state index in [0.29, 0.717) is 24.3 Å². The molecule has 0 aliphatic heterocycles. The lowest BCUT2D eigenvalue weighted by molar-refractivity contribution is -0.127. The third-order valence-corrected chi connectivity index (χ3v) is 6.15. The highest BCUT2D eigenvalue weighted by Crippen LogP contribution is 2.18. The van der Waals surface area contributed by atoms with Gasteiger partial charge in [0.2, 0.25) is 5.91 Å². The van der Waals surface area contributed by atoms with E-state index in [1.165, 1.54) is 46.7 Å². The summed E-state index contributed by atoms with van der Waals surface area (Å²) in [5, 5.41) is 0. The van der Waals surface area contributed by atoms with Crippen LogP contribution in [0.3, 0.4) is 0 Å². The smallest absolute Gasteiger partial charge is 0.409 e. The lowest BCUT2D eigenvalue weighted by atomic mass is 10.0. The molecule has 0 N–H and O–H groups in total. The predicted octanol–water partition coefficient (Wildman–Crippen LogP) is 3.01. The van der Waals surface area contributed by atoms with Crippen LogP contribution in [0.2, 0.25) is 0 Å². The van der Waals surface area contributed by atoms with Gasteiger partial charge in [-0.3, -0.25) is 14.4 Å². The van der Waals surface area contributed by atoms with Crippen molar-refractivity contribution in [3.63, 3.8) is 0 Å². The average molecular weight is 540 g/mol. The molecule has 3 rings (SSSR count). The molecule has 0 aliphatic carbocycles. The van der Waals surface area contributed by atoms with Crippen molar-refractivity contribution < 1.29 is 23.5 Å². The van der Waals surface area contributed by atoms with Gasteiger partial charge in [0, 0.05) is 59.0 Å². The van der Waals surface area contributed by atoms with Gasteiger partial charge in [0.05, 0.1) is 17.6 Å². The lowest BCUT2D eigenvalue weighted by Crippen LogP contribution is -2.35. The number of likely N-dealkylation sites (N-methyl/N-ethyl adjacent to an activating group) is 1. The number of amides is 2. The SMILES string of the molecule is CCn1c(Cn2cccc(CC(=O)[C@H](CC/C=C/C(=O)N(C)C)OC(=O)N(C)C)c2=O)nc2cc(F)ccc21. The average Bonchev–Trinajstić information content (AvgIpc) is 3.23. The number of nitrogens with zero attached hydrogens (tertiary/aromatic N) is 5. The highest BCUT2D eigenvalue weighted by atomic mass is 19.1. The number of imidazole rings is 1. The molecule has 39 heavy (non-hydrogen) atoms. The van der Waals surface area contributed by atoms with E-state index >= 15 is 0 Å². The summed E-state index contributed by atoms with van der Waals surface area (Å²) in [7, 11) is 6.27. The van der Waals surface area contributed by atoms with Crippen LogP contribution in [0.5, 0.6) is 0 Å². The van der Waals surface area contributed by atoms with Gasteiger partial charge in [-0.25, -0.2) is 14.2 Å². The molecule has 0 fully saturated rings. The number of Topliss-reactive ketones (excluding diaryl/α,β-unsaturated/α-hetero) is 1. The number of fused-ring (bicyclic) bond motifs is 1. The quantitative estimate of drug-likeness (QED) is 0.347. The molecule has 10 nitrogen and oxygen atoms in total. The van der Waals surface area contributed by atoms with Crippen LogP contribution in [-0.4, -0.2) is 76.0 Å². The molecular formula is C28H34FN5O5. The Balaban J connectivity index is 1.80. The van der Waals surface area contributed by atoms with Gasteiger partial charge < -0.3 is 23.7 Å². The van der Waals surface area contributed by atoms with E-state index in [1.807, 2.05) is 11.5 Å². The van der Waals surface area contributed by atoms with E-state index in [2.05, 4.69) is 4.98 Å². The second-order valence-corrected chi connectivity index (χ2v) is 9.49. The number of allylic oxidation sites excluding steroid dienone is 1. The summed E-state index contributed by atoms with van der Waals surface area (Å²) in [6.45, 7) is 2.65. The summed E-state index contributed by atoms with van der Waals surface area (Å²) in [5.41, 5.74) is 1.14. The van der Waals surface area contributed by atoms with Gasteiger partial charge in [0.25, 0.3) is 5.56 Å². The van der Waals surface area contributed by atoms with Crippen LogP contribution < -0.4 is 5.56 Å². The highest BCUT2D eigenvalue weighted by Gasteiger charge is 2.24. The van der Waals surface area contributed by atoms with Gasteiger partial charge in [-0.05, 0) is 44.0 Å². The Bertz CT molecular complexity index is 1440. The minimum absolute atomic E-state index is 0.134. The number of benzene rings is 1. The summed E-state index contributed by atoms with van der Waals surface area (Å²) in [4.78, 5) is 57.6. The number of ether oxygens (including phenoxy) is 1. The van der Waals surface area contributed by atoms with Crippen molar-refractivity contribution in [3.05, 3.63) is 76.2 Å². The third-order valence-electron chi connectivity index (χ3n) is 6.15. The number of hydrogen-bond donors (Lipinski definition) is 0. The molecule has 0 bridgehead atoms. The van der Waals surface area contributed by atoms with Crippen LogP contribution >= 0.6 is 0 Å². The zero-order valence-electron chi connectivity index (χ0n) is 22.9. The number of aryl methyl sites for hydroxylation is 1. The molecular weight excluding hydrogens is 505 g/mol. The van der Waals surface area contributed by atoms with E-state index in [9.17, 15) is 23.6 Å². The standard InChI is InChI=1S/C28H34FN5O5/c1-6-34-22-14-13-20(29)17-21(22)30-25(34)18-33-15-9-10-19(27(33)37)16-23(35)24(39-28(38)32(4)5)11-7-8-12-26(36)31(2)3/h8-10,12-15,17,24H,6-7,11,16,18H2,1-5H3/b12-8+/t24-/m0/s1. The molecule has 208 valence electrons. The number of carbonyl (C=O) groups excluding carboxylic acids is 3. The summed E-state index contributed by atoms with van der Waals surface area (Å²) < 4.78 is 22.5. The van der Waals surface area contributed by atoms with Crippen LogP contribution in [-0.2, 0) is 33.8 Å². The van der Waals surface area contributed by atoms with Crippen molar-refractivity contribution in [1.29, 1.82) is 0 Å². The summed E-state index contributed by atoms with van der Waals surface area (Å²) in [6.07, 6.45) is 3.09. The van der Waals surface area contributed by atoms with Crippen molar-refractivity contribution in [3.8, 4) is 0 Å². The van der Waals surface area contributed by atoms with Crippen molar-refractivity contribution >= 4 is 28.8 Å². The van der Waals surface area contributed by atoms with E-state index in [1.54, 1.807) is 44.6 Å². The molecule has 0 unspecified atom stereocenters. The fourth-order valence-corrected chi connectivity index (χ4v) is 4.02. The minimum Gasteiger partial charge on any atom is -0.438 e. The summed E-state index contributed by atoms with van der Waals surface area (Å²) in [5.74, 6) is -0.435. The van der Waals surface area contributed by atoms with Crippen LogP contribution in [0, 0.1) is 5.82 Å². The Morgan fingerprint density at radius 3 is 2.54 bits per heavy atom. The Morgan fingerprint density at radius 1 is 1.13 bits per heavy atom.